The van der Waals surface area contributed by atoms with E-state index in [2.05, 4.69) is 0 Å². The second-order valence-electron chi connectivity index (χ2n) is 4.95. The number of aromatic nitrogens is 2. The zero-order chi connectivity index (χ0) is 18.0. The smallest absolute Gasteiger partial charge is 0.340 e. The van der Waals surface area contributed by atoms with E-state index in [-0.39, 0.29) is 16.4 Å². The molecular formula is C15H14ClN3O5. The van der Waals surface area contributed by atoms with Gasteiger partial charge >= 0.3 is 11.7 Å². The first-order valence-corrected chi connectivity index (χ1v) is 7.13. The number of halogens is 1. The number of nitrogens with zero attached hydrogens (tertiary/aromatic N) is 2. The summed E-state index contributed by atoms with van der Waals surface area (Å²) in [5.74, 6) is -1.92. The Morgan fingerprint density at radius 1 is 1.17 bits per heavy atom. The van der Waals surface area contributed by atoms with Gasteiger partial charge in [0.2, 0.25) is 5.78 Å². The van der Waals surface area contributed by atoms with E-state index in [1.807, 2.05) is 0 Å². The summed E-state index contributed by atoms with van der Waals surface area (Å²) in [6, 6.07) is 6.17. The van der Waals surface area contributed by atoms with Crippen molar-refractivity contribution in [2.24, 2.45) is 14.1 Å². The number of rotatable bonds is 4. The van der Waals surface area contributed by atoms with Crippen LogP contribution in [0.5, 0.6) is 0 Å². The second-order valence-corrected chi connectivity index (χ2v) is 5.35. The molecule has 0 atom stereocenters. The number of Topliss-reactive ketones (excluding diaryl/α,β-unsaturated/α-hetero) is 1. The van der Waals surface area contributed by atoms with Gasteiger partial charge in [0.05, 0.1) is 10.6 Å². The van der Waals surface area contributed by atoms with Crippen LogP contribution < -0.4 is 17.0 Å². The number of carbonyl (C=O) groups is 2. The van der Waals surface area contributed by atoms with Crippen molar-refractivity contribution in [3.8, 4) is 0 Å². The molecule has 1 aromatic heterocycles. The maximum absolute atomic E-state index is 12.2. The van der Waals surface area contributed by atoms with Crippen LogP contribution in [-0.4, -0.2) is 27.5 Å². The highest BCUT2D eigenvalue weighted by atomic mass is 35.5. The van der Waals surface area contributed by atoms with Gasteiger partial charge in [-0.15, -0.1) is 0 Å². The molecule has 0 bridgehead atoms. The minimum absolute atomic E-state index is 0.0910. The number of hydrogen-bond donors (Lipinski definition) is 1. The highest BCUT2D eigenvalue weighted by Gasteiger charge is 2.22. The largest absolute Gasteiger partial charge is 0.454 e. The average molecular weight is 352 g/mol. The Morgan fingerprint density at radius 3 is 2.42 bits per heavy atom. The van der Waals surface area contributed by atoms with Gasteiger partial charge < -0.3 is 10.5 Å². The summed E-state index contributed by atoms with van der Waals surface area (Å²) in [5.41, 5.74) is 3.83. The fourth-order valence-corrected chi connectivity index (χ4v) is 2.24. The third-order valence-electron chi connectivity index (χ3n) is 3.42. The Kier molecular flexibility index (Phi) is 4.89. The quantitative estimate of drug-likeness (QED) is 0.628. The average Bonchev–Trinajstić information content (AvgIpc) is 2.56. The zero-order valence-corrected chi connectivity index (χ0v) is 13.7. The highest BCUT2D eigenvalue weighted by molar-refractivity contribution is 6.33. The lowest BCUT2D eigenvalue weighted by atomic mass is 10.2. The summed E-state index contributed by atoms with van der Waals surface area (Å²) in [5, 5.41) is 0.174. The molecule has 8 nitrogen and oxygen atoms in total. The summed E-state index contributed by atoms with van der Waals surface area (Å²) in [7, 11) is 2.54. The lowest BCUT2D eigenvalue weighted by Gasteiger charge is -2.11. The fourth-order valence-electron chi connectivity index (χ4n) is 2.03. The minimum Gasteiger partial charge on any atom is -0.454 e. The monoisotopic (exact) mass is 351 g/mol. The third kappa shape index (κ3) is 3.09. The number of ether oxygens (including phenoxy) is 1. The molecule has 0 aliphatic heterocycles. The summed E-state index contributed by atoms with van der Waals surface area (Å²) < 4.78 is 6.59. The Balaban J connectivity index is 2.26. The molecule has 0 spiro atoms. The molecule has 1 heterocycles. The first-order chi connectivity index (χ1) is 11.3. The van der Waals surface area contributed by atoms with Crippen LogP contribution in [0.15, 0.2) is 33.9 Å². The van der Waals surface area contributed by atoms with Crippen LogP contribution in [0.1, 0.15) is 20.7 Å². The van der Waals surface area contributed by atoms with Gasteiger partial charge in [0.25, 0.3) is 5.56 Å². The van der Waals surface area contributed by atoms with Crippen LogP contribution >= 0.6 is 11.6 Å². The van der Waals surface area contributed by atoms with Crippen molar-refractivity contribution in [2.75, 3.05) is 12.3 Å². The second kappa shape index (κ2) is 6.71. The predicted molar refractivity (Wildman–Crippen MR) is 87.4 cm³/mol. The molecule has 0 aliphatic carbocycles. The fraction of sp³-hybridized carbons (Fsp3) is 0.200. The van der Waals surface area contributed by atoms with Crippen LogP contribution in [0.4, 0.5) is 5.82 Å². The maximum atomic E-state index is 12.2. The van der Waals surface area contributed by atoms with E-state index in [1.54, 1.807) is 12.1 Å². The van der Waals surface area contributed by atoms with Gasteiger partial charge in [0.1, 0.15) is 11.4 Å². The van der Waals surface area contributed by atoms with Crippen molar-refractivity contribution in [3.05, 3.63) is 61.3 Å². The third-order valence-corrected chi connectivity index (χ3v) is 3.75. The van der Waals surface area contributed by atoms with Gasteiger partial charge in [-0.3, -0.25) is 18.7 Å². The van der Waals surface area contributed by atoms with Crippen LogP contribution in [0.2, 0.25) is 5.02 Å². The van der Waals surface area contributed by atoms with Crippen LogP contribution in [0, 0.1) is 0 Å². The number of anilines is 1. The number of benzene rings is 1. The first-order valence-electron chi connectivity index (χ1n) is 6.76. The van der Waals surface area contributed by atoms with Crippen LogP contribution in [0.25, 0.3) is 0 Å². The maximum Gasteiger partial charge on any atom is 0.340 e. The van der Waals surface area contributed by atoms with Crippen LogP contribution in [-0.2, 0) is 18.8 Å². The minimum atomic E-state index is -0.852. The molecule has 0 saturated carbocycles. The molecule has 126 valence electrons. The molecule has 2 aromatic rings. The van der Waals surface area contributed by atoms with Gasteiger partial charge in [-0.2, -0.15) is 0 Å². The number of ketones is 1. The normalized spacial score (nSPS) is 10.5. The van der Waals surface area contributed by atoms with E-state index in [1.165, 1.54) is 26.2 Å². The lowest BCUT2D eigenvalue weighted by molar-refractivity contribution is 0.0474. The van der Waals surface area contributed by atoms with Crippen molar-refractivity contribution >= 4 is 29.2 Å². The predicted octanol–water partition coefficient (Wildman–Crippen LogP) is 0.359. The SMILES string of the molecule is Cn1c(N)c(C(=O)COC(=O)c2ccccc2Cl)c(=O)n(C)c1=O. The molecule has 0 aliphatic rings. The van der Waals surface area contributed by atoms with E-state index in [9.17, 15) is 19.2 Å². The Labute approximate surface area is 141 Å². The molecule has 0 amide bonds. The number of hydrogen-bond acceptors (Lipinski definition) is 6. The van der Waals surface area contributed by atoms with E-state index >= 15 is 0 Å². The van der Waals surface area contributed by atoms with Crippen molar-refractivity contribution in [3.63, 3.8) is 0 Å². The van der Waals surface area contributed by atoms with Crippen molar-refractivity contribution in [1.29, 1.82) is 0 Å². The van der Waals surface area contributed by atoms with E-state index in [0.717, 1.165) is 9.13 Å². The van der Waals surface area contributed by atoms with E-state index < -0.39 is 35.2 Å². The van der Waals surface area contributed by atoms with Gasteiger partial charge in [0, 0.05) is 14.1 Å². The number of nitrogens with two attached hydrogens (primary N) is 1. The van der Waals surface area contributed by atoms with Crippen molar-refractivity contribution in [1.82, 2.24) is 9.13 Å². The zero-order valence-electron chi connectivity index (χ0n) is 12.9. The van der Waals surface area contributed by atoms with Gasteiger partial charge in [-0.05, 0) is 12.1 Å². The molecule has 24 heavy (non-hydrogen) atoms. The molecule has 2 rings (SSSR count). The lowest BCUT2D eigenvalue weighted by Crippen LogP contribution is -2.42. The molecule has 9 heteroatoms. The topological polar surface area (TPSA) is 113 Å². The number of carbonyl (C=O) groups excluding carboxylic acids is 2. The van der Waals surface area contributed by atoms with Crippen molar-refractivity contribution in [2.45, 2.75) is 0 Å². The molecule has 0 radical (unpaired) electrons. The molecule has 2 N–H and O–H groups in total. The van der Waals surface area contributed by atoms with Gasteiger partial charge in [-0.25, -0.2) is 9.59 Å². The Bertz CT molecular complexity index is 945. The molecule has 0 saturated heterocycles. The van der Waals surface area contributed by atoms with Gasteiger partial charge in [-0.1, -0.05) is 23.7 Å². The van der Waals surface area contributed by atoms with Gasteiger partial charge in [0.15, 0.2) is 6.61 Å². The standard InChI is InChI=1S/C15H14ClN3O5/c1-18-12(17)11(13(21)19(2)15(18)23)10(20)7-24-14(22)8-5-3-4-6-9(8)16/h3-6H,7,17H2,1-2H3. The summed E-state index contributed by atoms with van der Waals surface area (Å²) in [6.07, 6.45) is 0. The number of nitrogen functional groups attached to an aromatic ring is 1. The Morgan fingerprint density at radius 2 is 1.79 bits per heavy atom. The van der Waals surface area contributed by atoms with E-state index in [0.29, 0.717) is 0 Å². The number of esters is 1. The molecular weight excluding hydrogens is 338 g/mol. The molecule has 1 aromatic carbocycles. The van der Waals surface area contributed by atoms with E-state index in [4.69, 9.17) is 22.1 Å². The highest BCUT2D eigenvalue weighted by Crippen LogP contribution is 2.16. The summed E-state index contributed by atoms with van der Waals surface area (Å²) in [4.78, 5) is 47.9. The first kappa shape index (κ1) is 17.5. The summed E-state index contributed by atoms with van der Waals surface area (Å²) in [6.45, 7) is -0.707. The van der Waals surface area contributed by atoms with Crippen molar-refractivity contribution < 1.29 is 14.3 Å². The molecule has 0 fully saturated rings. The molecule has 0 unspecified atom stereocenters. The van der Waals surface area contributed by atoms with Crippen LogP contribution in [0.3, 0.4) is 0 Å². The Hall–Kier alpha value is -2.87. The summed E-state index contributed by atoms with van der Waals surface area (Å²) >= 11 is 5.86.